The van der Waals surface area contributed by atoms with Crippen molar-refractivity contribution in [2.75, 3.05) is 13.7 Å². The highest BCUT2D eigenvalue weighted by Gasteiger charge is 2.09. The van der Waals surface area contributed by atoms with Crippen LogP contribution in [0.5, 0.6) is 0 Å². The molecule has 0 aromatic heterocycles. The van der Waals surface area contributed by atoms with Gasteiger partial charge >= 0.3 is 5.97 Å². The number of carbonyl (C=O) groups is 2. The minimum absolute atomic E-state index is 0.115. The Kier molecular flexibility index (Phi) is 7.35. The van der Waals surface area contributed by atoms with Crippen molar-refractivity contribution in [3.05, 3.63) is 35.4 Å². The topological polar surface area (TPSA) is 75.6 Å². The molecule has 110 valence electrons. The summed E-state index contributed by atoms with van der Waals surface area (Å²) in [7, 11) is 1.59. The molecule has 0 fully saturated rings. The SMILES string of the molecule is COCc1ccccc1C(=O)NCCCCCC(=O)O. The predicted octanol–water partition coefficient (Wildman–Crippen LogP) is 2.21. The maximum atomic E-state index is 12.0. The monoisotopic (exact) mass is 279 g/mol. The van der Waals surface area contributed by atoms with E-state index in [0.29, 0.717) is 25.1 Å². The molecule has 5 heteroatoms. The van der Waals surface area contributed by atoms with Crippen LogP contribution in [0.3, 0.4) is 0 Å². The standard InChI is InChI=1S/C15H21NO4/c1-20-11-12-7-4-5-8-13(12)15(19)16-10-6-2-3-9-14(17)18/h4-5,7-8H,2-3,6,9-11H2,1H3,(H,16,19)(H,17,18). The number of nitrogens with one attached hydrogen (secondary N) is 1. The third kappa shape index (κ3) is 5.84. The summed E-state index contributed by atoms with van der Waals surface area (Å²) < 4.78 is 5.06. The van der Waals surface area contributed by atoms with Crippen LogP contribution in [-0.2, 0) is 16.1 Å². The van der Waals surface area contributed by atoms with Gasteiger partial charge in [0.05, 0.1) is 6.61 Å². The lowest BCUT2D eigenvalue weighted by Crippen LogP contribution is -2.25. The third-order valence-electron chi connectivity index (χ3n) is 2.91. The first-order valence-electron chi connectivity index (χ1n) is 6.72. The Bertz CT molecular complexity index is 445. The zero-order valence-corrected chi connectivity index (χ0v) is 11.7. The number of hydrogen-bond acceptors (Lipinski definition) is 3. The van der Waals surface area contributed by atoms with E-state index in [4.69, 9.17) is 9.84 Å². The average molecular weight is 279 g/mol. The Balaban J connectivity index is 2.34. The van der Waals surface area contributed by atoms with Crippen molar-refractivity contribution in [3.8, 4) is 0 Å². The molecule has 0 unspecified atom stereocenters. The summed E-state index contributed by atoms with van der Waals surface area (Å²) in [6.45, 7) is 0.960. The zero-order valence-electron chi connectivity index (χ0n) is 11.7. The summed E-state index contributed by atoms with van der Waals surface area (Å²) in [6.07, 6.45) is 2.41. The number of unbranched alkanes of at least 4 members (excludes halogenated alkanes) is 2. The number of ether oxygens (including phenoxy) is 1. The fraction of sp³-hybridized carbons (Fsp3) is 0.467. The molecule has 0 atom stereocenters. The number of carboxylic acid groups (broad SMARTS) is 1. The van der Waals surface area contributed by atoms with Gasteiger partial charge in [0.15, 0.2) is 0 Å². The lowest BCUT2D eigenvalue weighted by Gasteiger charge is -2.09. The van der Waals surface area contributed by atoms with E-state index in [0.717, 1.165) is 18.4 Å². The van der Waals surface area contributed by atoms with Crippen molar-refractivity contribution in [3.63, 3.8) is 0 Å². The van der Waals surface area contributed by atoms with Gasteiger partial charge in [-0.2, -0.15) is 0 Å². The molecule has 1 aromatic carbocycles. The summed E-state index contributed by atoms with van der Waals surface area (Å²) in [6, 6.07) is 7.33. The van der Waals surface area contributed by atoms with E-state index in [1.807, 2.05) is 18.2 Å². The fourth-order valence-corrected chi connectivity index (χ4v) is 1.90. The number of carbonyl (C=O) groups excluding carboxylic acids is 1. The Morgan fingerprint density at radius 3 is 2.65 bits per heavy atom. The number of carboxylic acids is 1. The second kappa shape index (κ2) is 9.09. The molecule has 0 saturated carbocycles. The van der Waals surface area contributed by atoms with Crippen LogP contribution in [-0.4, -0.2) is 30.6 Å². The lowest BCUT2D eigenvalue weighted by molar-refractivity contribution is -0.137. The minimum Gasteiger partial charge on any atom is -0.481 e. The van der Waals surface area contributed by atoms with Crippen LogP contribution < -0.4 is 5.32 Å². The van der Waals surface area contributed by atoms with Gasteiger partial charge in [-0.25, -0.2) is 0 Å². The number of hydrogen-bond donors (Lipinski definition) is 2. The van der Waals surface area contributed by atoms with E-state index >= 15 is 0 Å². The largest absolute Gasteiger partial charge is 0.481 e. The highest BCUT2D eigenvalue weighted by Crippen LogP contribution is 2.10. The first kappa shape index (κ1) is 16.2. The van der Waals surface area contributed by atoms with Gasteiger partial charge < -0.3 is 15.2 Å². The molecular weight excluding hydrogens is 258 g/mol. The number of benzene rings is 1. The summed E-state index contributed by atoms with van der Waals surface area (Å²) in [5, 5.41) is 11.4. The van der Waals surface area contributed by atoms with Gasteiger partial charge in [-0.05, 0) is 24.5 Å². The molecule has 1 aromatic rings. The smallest absolute Gasteiger partial charge is 0.303 e. The molecule has 0 aliphatic rings. The molecule has 1 rings (SSSR count). The van der Waals surface area contributed by atoms with Gasteiger partial charge in [-0.3, -0.25) is 9.59 Å². The molecule has 0 saturated heterocycles. The molecule has 0 aliphatic carbocycles. The van der Waals surface area contributed by atoms with Crippen molar-refractivity contribution in [2.45, 2.75) is 32.3 Å². The van der Waals surface area contributed by atoms with Gasteiger partial charge in [0, 0.05) is 25.6 Å². The Morgan fingerprint density at radius 2 is 1.95 bits per heavy atom. The van der Waals surface area contributed by atoms with Crippen LogP contribution in [0.1, 0.15) is 41.6 Å². The van der Waals surface area contributed by atoms with Gasteiger partial charge in [0.2, 0.25) is 0 Å². The van der Waals surface area contributed by atoms with Crippen LogP contribution in [0.25, 0.3) is 0 Å². The van der Waals surface area contributed by atoms with Crippen molar-refractivity contribution in [1.82, 2.24) is 5.32 Å². The molecule has 2 N–H and O–H groups in total. The first-order chi connectivity index (χ1) is 9.65. The fourth-order valence-electron chi connectivity index (χ4n) is 1.90. The minimum atomic E-state index is -0.775. The Hall–Kier alpha value is -1.88. The third-order valence-corrected chi connectivity index (χ3v) is 2.91. The van der Waals surface area contributed by atoms with Crippen molar-refractivity contribution in [2.24, 2.45) is 0 Å². The molecule has 20 heavy (non-hydrogen) atoms. The van der Waals surface area contributed by atoms with E-state index in [2.05, 4.69) is 5.32 Å². The van der Waals surface area contributed by atoms with E-state index in [9.17, 15) is 9.59 Å². The van der Waals surface area contributed by atoms with Crippen LogP contribution >= 0.6 is 0 Å². The predicted molar refractivity (Wildman–Crippen MR) is 75.6 cm³/mol. The maximum absolute atomic E-state index is 12.0. The highest BCUT2D eigenvalue weighted by atomic mass is 16.5. The lowest BCUT2D eigenvalue weighted by atomic mass is 10.1. The van der Waals surface area contributed by atoms with E-state index in [1.54, 1.807) is 13.2 Å². The van der Waals surface area contributed by atoms with E-state index in [1.165, 1.54) is 0 Å². The highest BCUT2D eigenvalue weighted by molar-refractivity contribution is 5.95. The number of amides is 1. The Morgan fingerprint density at radius 1 is 1.20 bits per heavy atom. The number of rotatable bonds is 9. The molecule has 0 bridgehead atoms. The van der Waals surface area contributed by atoms with Crippen molar-refractivity contribution < 1.29 is 19.4 Å². The van der Waals surface area contributed by atoms with Gasteiger partial charge in [0.25, 0.3) is 5.91 Å². The summed E-state index contributed by atoms with van der Waals surface area (Å²) in [5.41, 5.74) is 1.48. The van der Waals surface area contributed by atoms with E-state index in [-0.39, 0.29) is 12.3 Å². The maximum Gasteiger partial charge on any atom is 0.303 e. The Labute approximate surface area is 118 Å². The summed E-state index contributed by atoms with van der Waals surface area (Å²) in [4.78, 5) is 22.4. The molecule has 0 spiro atoms. The molecule has 0 heterocycles. The summed E-state index contributed by atoms with van der Waals surface area (Å²) in [5.74, 6) is -0.890. The van der Waals surface area contributed by atoms with E-state index < -0.39 is 5.97 Å². The van der Waals surface area contributed by atoms with Crippen LogP contribution in [0.15, 0.2) is 24.3 Å². The molecule has 0 aliphatic heterocycles. The molecule has 0 radical (unpaired) electrons. The second-order valence-electron chi connectivity index (χ2n) is 4.55. The normalized spacial score (nSPS) is 10.2. The van der Waals surface area contributed by atoms with Crippen LogP contribution in [0.2, 0.25) is 0 Å². The second-order valence-corrected chi connectivity index (χ2v) is 4.55. The molecular formula is C15H21NO4. The van der Waals surface area contributed by atoms with Crippen molar-refractivity contribution >= 4 is 11.9 Å². The number of methoxy groups -OCH3 is 1. The van der Waals surface area contributed by atoms with Gasteiger partial charge in [-0.1, -0.05) is 24.6 Å². The number of aliphatic carboxylic acids is 1. The van der Waals surface area contributed by atoms with Gasteiger partial charge in [0.1, 0.15) is 0 Å². The zero-order chi connectivity index (χ0) is 14.8. The van der Waals surface area contributed by atoms with Crippen LogP contribution in [0, 0.1) is 0 Å². The van der Waals surface area contributed by atoms with Crippen molar-refractivity contribution in [1.29, 1.82) is 0 Å². The summed E-state index contributed by atoms with van der Waals surface area (Å²) >= 11 is 0. The molecule has 5 nitrogen and oxygen atoms in total. The van der Waals surface area contributed by atoms with Gasteiger partial charge in [-0.15, -0.1) is 0 Å². The average Bonchev–Trinajstić information content (AvgIpc) is 2.43. The molecule has 1 amide bonds. The first-order valence-corrected chi connectivity index (χ1v) is 6.72. The van der Waals surface area contributed by atoms with Crippen LogP contribution in [0.4, 0.5) is 0 Å². The quantitative estimate of drug-likeness (QED) is 0.679.